The van der Waals surface area contributed by atoms with Crippen LogP contribution in [0.2, 0.25) is 0 Å². The first-order valence-corrected chi connectivity index (χ1v) is 12.2. The Kier molecular flexibility index (Phi) is 5.15. The summed E-state index contributed by atoms with van der Waals surface area (Å²) >= 11 is 1.54. The van der Waals surface area contributed by atoms with Gasteiger partial charge in [-0.1, -0.05) is 18.2 Å². The summed E-state index contributed by atoms with van der Waals surface area (Å²) in [6, 6.07) is 17.9. The third-order valence-corrected chi connectivity index (χ3v) is 7.28. The molecule has 0 fully saturated rings. The highest BCUT2D eigenvalue weighted by Crippen LogP contribution is 2.40. The first-order chi connectivity index (χ1) is 17.4. The monoisotopic (exact) mass is 496 g/mol. The Hall–Kier alpha value is -4.37. The van der Waals surface area contributed by atoms with Crippen LogP contribution in [0.15, 0.2) is 66.9 Å². The van der Waals surface area contributed by atoms with Crippen molar-refractivity contribution in [1.29, 1.82) is 0 Å². The Balaban J connectivity index is 1.38. The molecule has 6 rings (SSSR count). The van der Waals surface area contributed by atoms with Crippen LogP contribution in [0.5, 0.6) is 5.75 Å². The Morgan fingerprint density at radius 1 is 0.944 bits per heavy atom. The minimum Gasteiger partial charge on any atom is -0.479 e. The average Bonchev–Trinajstić information content (AvgIpc) is 3.40. The number of hydrogen-bond donors (Lipinski definition) is 0. The predicted molar refractivity (Wildman–Crippen MR) is 135 cm³/mol. The normalized spacial score (nSPS) is 16.7. The second kappa shape index (κ2) is 8.39. The zero-order chi connectivity index (χ0) is 25.0. The number of imide groups is 1. The summed E-state index contributed by atoms with van der Waals surface area (Å²) in [6.07, 6.45) is 0.974. The first kappa shape index (κ1) is 22.1. The van der Waals surface area contributed by atoms with E-state index >= 15 is 0 Å². The van der Waals surface area contributed by atoms with Crippen LogP contribution < -0.4 is 9.64 Å². The molecule has 8 nitrogen and oxygen atoms in total. The second-order valence-corrected chi connectivity index (χ2v) is 9.78. The van der Waals surface area contributed by atoms with Gasteiger partial charge in [0.1, 0.15) is 17.4 Å². The molecule has 0 bridgehead atoms. The Morgan fingerprint density at radius 2 is 1.67 bits per heavy atom. The quantitative estimate of drug-likeness (QED) is 0.385. The van der Waals surface area contributed by atoms with Crippen LogP contribution in [0.1, 0.15) is 32.5 Å². The van der Waals surface area contributed by atoms with Crippen LogP contribution in [0.25, 0.3) is 22.0 Å². The van der Waals surface area contributed by atoms with E-state index in [-0.39, 0.29) is 12.6 Å². The molecule has 0 saturated carbocycles. The number of aromatic nitrogens is 2. The van der Waals surface area contributed by atoms with Crippen LogP contribution in [0, 0.1) is 6.92 Å². The maximum absolute atomic E-state index is 13.2. The zero-order valence-electron chi connectivity index (χ0n) is 19.5. The molecule has 4 aromatic rings. The Morgan fingerprint density at radius 3 is 2.36 bits per heavy atom. The number of nitrogens with zero attached hydrogens (tertiary/aromatic N) is 4. The molecule has 0 saturated heterocycles. The van der Waals surface area contributed by atoms with Gasteiger partial charge in [-0.3, -0.25) is 29.2 Å². The summed E-state index contributed by atoms with van der Waals surface area (Å²) < 4.78 is 5.84. The van der Waals surface area contributed by atoms with Gasteiger partial charge in [-0.25, -0.2) is 4.98 Å². The Bertz CT molecular complexity index is 1510. The lowest BCUT2D eigenvalue weighted by Gasteiger charge is -2.35. The highest BCUT2D eigenvalue weighted by atomic mass is 32.1. The number of carbonyl (C=O) groups excluding carboxylic acids is 3. The summed E-state index contributed by atoms with van der Waals surface area (Å²) in [7, 11) is 0. The van der Waals surface area contributed by atoms with Gasteiger partial charge in [-0.2, -0.15) is 0 Å². The van der Waals surface area contributed by atoms with Crippen LogP contribution in [-0.4, -0.2) is 45.4 Å². The third kappa shape index (κ3) is 3.47. The van der Waals surface area contributed by atoms with Crippen molar-refractivity contribution in [2.45, 2.75) is 20.0 Å². The molecule has 0 radical (unpaired) electrons. The number of benzene rings is 2. The van der Waals surface area contributed by atoms with Gasteiger partial charge in [-0.05, 0) is 56.3 Å². The van der Waals surface area contributed by atoms with Crippen molar-refractivity contribution in [3.05, 3.63) is 82.9 Å². The molecule has 0 N–H and O–H groups in total. The molecule has 178 valence electrons. The SMILES string of the molecule is Cc1sc(-c2ccccn2)nc1-c1ccc2c(c1)N(CN1C(=O)c3ccccc3C1=O)C(=O)C(C)O2. The highest BCUT2D eigenvalue weighted by molar-refractivity contribution is 7.15. The fraction of sp³-hybridized carbons (Fsp3) is 0.148. The van der Waals surface area contributed by atoms with Gasteiger partial charge in [0.05, 0.1) is 28.2 Å². The highest BCUT2D eigenvalue weighted by Gasteiger charge is 2.40. The molecule has 0 spiro atoms. The van der Waals surface area contributed by atoms with Gasteiger partial charge in [0.25, 0.3) is 17.7 Å². The van der Waals surface area contributed by atoms with E-state index in [2.05, 4.69) is 4.98 Å². The molecule has 2 aromatic carbocycles. The van der Waals surface area contributed by atoms with Crippen molar-refractivity contribution in [2.75, 3.05) is 11.6 Å². The smallest absolute Gasteiger partial charge is 0.269 e. The molecule has 2 aromatic heterocycles. The van der Waals surface area contributed by atoms with Gasteiger partial charge in [0.15, 0.2) is 6.10 Å². The Labute approximate surface area is 210 Å². The molecule has 1 atom stereocenters. The van der Waals surface area contributed by atoms with Gasteiger partial charge < -0.3 is 4.74 Å². The number of thiazole rings is 1. The van der Waals surface area contributed by atoms with E-state index in [1.54, 1.807) is 43.5 Å². The van der Waals surface area contributed by atoms with E-state index in [0.29, 0.717) is 22.6 Å². The molecule has 3 amide bonds. The van der Waals surface area contributed by atoms with E-state index in [1.165, 1.54) is 16.2 Å². The summed E-state index contributed by atoms with van der Waals surface area (Å²) in [5, 5.41) is 0.796. The summed E-state index contributed by atoms with van der Waals surface area (Å²) in [6.45, 7) is 3.43. The van der Waals surface area contributed by atoms with E-state index in [9.17, 15) is 14.4 Å². The zero-order valence-corrected chi connectivity index (χ0v) is 20.3. The number of aryl methyl sites for hydroxylation is 1. The van der Waals surface area contributed by atoms with Crippen molar-refractivity contribution in [3.63, 3.8) is 0 Å². The lowest BCUT2D eigenvalue weighted by Crippen LogP contribution is -2.50. The molecule has 2 aliphatic heterocycles. The molecule has 0 aliphatic carbocycles. The van der Waals surface area contributed by atoms with Crippen molar-refractivity contribution in [2.24, 2.45) is 0 Å². The summed E-state index contributed by atoms with van der Waals surface area (Å²) in [4.78, 5) is 51.9. The first-order valence-electron chi connectivity index (χ1n) is 11.4. The van der Waals surface area contributed by atoms with Crippen LogP contribution in [0.3, 0.4) is 0 Å². The molecule has 1 unspecified atom stereocenters. The van der Waals surface area contributed by atoms with E-state index < -0.39 is 17.9 Å². The van der Waals surface area contributed by atoms with Gasteiger partial charge in [0, 0.05) is 16.6 Å². The topological polar surface area (TPSA) is 92.7 Å². The minimum atomic E-state index is -0.754. The summed E-state index contributed by atoms with van der Waals surface area (Å²) in [5.74, 6) is -0.674. The lowest BCUT2D eigenvalue weighted by atomic mass is 10.1. The fourth-order valence-corrected chi connectivity index (χ4v) is 5.38. The van der Waals surface area contributed by atoms with E-state index in [4.69, 9.17) is 9.72 Å². The van der Waals surface area contributed by atoms with Crippen LogP contribution in [-0.2, 0) is 4.79 Å². The lowest BCUT2D eigenvalue weighted by molar-refractivity contribution is -0.125. The largest absolute Gasteiger partial charge is 0.479 e. The number of rotatable bonds is 4. The number of fused-ring (bicyclic) bond motifs is 2. The van der Waals surface area contributed by atoms with Crippen molar-refractivity contribution in [1.82, 2.24) is 14.9 Å². The minimum absolute atomic E-state index is 0.204. The molecular weight excluding hydrogens is 476 g/mol. The third-order valence-electron chi connectivity index (χ3n) is 6.28. The predicted octanol–water partition coefficient (Wildman–Crippen LogP) is 4.55. The molecule has 9 heteroatoms. The van der Waals surface area contributed by atoms with Crippen LogP contribution >= 0.6 is 11.3 Å². The number of pyridine rings is 1. The standard InChI is InChI=1S/C27H20N4O4S/c1-15-25(32)30(14-31-26(33)18-7-3-4-8-19(18)27(31)34)21-13-17(10-11-22(21)35-15)23-16(2)36-24(29-23)20-9-5-6-12-28-20/h3-13,15H,14H2,1-2H3. The number of anilines is 1. The van der Waals surface area contributed by atoms with Gasteiger partial charge in [0.2, 0.25) is 0 Å². The molecule has 36 heavy (non-hydrogen) atoms. The average molecular weight is 497 g/mol. The van der Waals surface area contributed by atoms with Crippen molar-refractivity contribution in [3.8, 4) is 27.7 Å². The van der Waals surface area contributed by atoms with E-state index in [1.807, 2.05) is 37.3 Å². The maximum atomic E-state index is 13.2. The number of ether oxygens (including phenoxy) is 1. The number of hydrogen-bond acceptors (Lipinski definition) is 7. The molecular formula is C27H20N4O4S. The second-order valence-electron chi connectivity index (χ2n) is 8.57. The molecule has 2 aliphatic rings. The summed E-state index contributed by atoms with van der Waals surface area (Å²) in [5.41, 5.74) is 3.52. The van der Waals surface area contributed by atoms with Gasteiger partial charge >= 0.3 is 0 Å². The van der Waals surface area contributed by atoms with Crippen molar-refractivity contribution >= 4 is 34.7 Å². The van der Waals surface area contributed by atoms with E-state index in [0.717, 1.165) is 31.7 Å². The van der Waals surface area contributed by atoms with Crippen LogP contribution in [0.4, 0.5) is 5.69 Å². The van der Waals surface area contributed by atoms with Crippen molar-refractivity contribution < 1.29 is 19.1 Å². The van der Waals surface area contributed by atoms with Gasteiger partial charge in [-0.15, -0.1) is 11.3 Å². The fourth-order valence-electron chi connectivity index (χ4n) is 4.47. The maximum Gasteiger partial charge on any atom is 0.269 e. The molecule has 4 heterocycles. The number of carbonyl (C=O) groups is 3. The number of amides is 3.